The van der Waals surface area contributed by atoms with Crippen molar-refractivity contribution in [1.82, 2.24) is 4.90 Å². The number of aliphatic hydroxyl groups is 1. The van der Waals surface area contributed by atoms with Gasteiger partial charge in [-0.25, -0.2) is 0 Å². The number of rotatable bonds is 5. The molecule has 1 heterocycles. The number of hydrogen-bond acceptors (Lipinski definition) is 2. The highest BCUT2D eigenvalue weighted by Crippen LogP contribution is 2.21. The lowest BCUT2D eigenvalue weighted by molar-refractivity contribution is 0.187. The summed E-state index contributed by atoms with van der Waals surface area (Å²) in [5, 5.41) is 8.94. The molecule has 0 spiro atoms. The van der Waals surface area contributed by atoms with Crippen molar-refractivity contribution in [3.63, 3.8) is 0 Å². The summed E-state index contributed by atoms with van der Waals surface area (Å²) in [5.74, 6) is 1.37. The fourth-order valence-electron chi connectivity index (χ4n) is 2.22. The summed E-state index contributed by atoms with van der Waals surface area (Å²) >= 11 is 0. The standard InChI is InChI=1S/C11H23NO/c1-3-4-11-5-6-12(8-11)7-10(2)9-13/h10-11,13H,3-9H2,1-2H3. The fourth-order valence-corrected chi connectivity index (χ4v) is 2.22. The molecule has 1 fully saturated rings. The third-order valence-corrected chi connectivity index (χ3v) is 2.95. The van der Waals surface area contributed by atoms with Crippen LogP contribution in [-0.4, -0.2) is 36.2 Å². The summed E-state index contributed by atoms with van der Waals surface area (Å²) in [6.45, 7) is 8.30. The van der Waals surface area contributed by atoms with E-state index in [1.807, 2.05) is 0 Å². The van der Waals surface area contributed by atoms with Crippen LogP contribution in [-0.2, 0) is 0 Å². The fraction of sp³-hybridized carbons (Fsp3) is 1.00. The van der Waals surface area contributed by atoms with Gasteiger partial charge in [0.25, 0.3) is 0 Å². The predicted octanol–water partition coefficient (Wildman–Crippen LogP) is 1.74. The molecule has 78 valence electrons. The molecule has 1 aliphatic rings. The molecule has 0 saturated carbocycles. The smallest absolute Gasteiger partial charge is 0.0468 e. The molecule has 1 aliphatic heterocycles. The van der Waals surface area contributed by atoms with Gasteiger partial charge in [-0.15, -0.1) is 0 Å². The van der Waals surface area contributed by atoms with Crippen molar-refractivity contribution in [2.45, 2.75) is 33.1 Å². The number of hydrogen-bond donors (Lipinski definition) is 1. The molecule has 1 rings (SSSR count). The van der Waals surface area contributed by atoms with Gasteiger partial charge in [-0.05, 0) is 31.2 Å². The van der Waals surface area contributed by atoms with Gasteiger partial charge in [-0.2, -0.15) is 0 Å². The summed E-state index contributed by atoms with van der Waals surface area (Å²) in [7, 11) is 0. The van der Waals surface area contributed by atoms with Crippen molar-refractivity contribution in [1.29, 1.82) is 0 Å². The first-order valence-corrected chi connectivity index (χ1v) is 5.59. The summed E-state index contributed by atoms with van der Waals surface area (Å²) < 4.78 is 0. The molecule has 0 aromatic carbocycles. The van der Waals surface area contributed by atoms with E-state index in [9.17, 15) is 0 Å². The van der Waals surface area contributed by atoms with Crippen molar-refractivity contribution in [3.05, 3.63) is 0 Å². The van der Waals surface area contributed by atoms with Gasteiger partial charge in [0.05, 0.1) is 0 Å². The molecule has 0 aromatic heterocycles. The van der Waals surface area contributed by atoms with Gasteiger partial charge in [-0.3, -0.25) is 0 Å². The first-order chi connectivity index (χ1) is 6.26. The normalized spacial score (nSPS) is 26.5. The van der Waals surface area contributed by atoms with Crippen LogP contribution < -0.4 is 0 Å². The lowest BCUT2D eigenvalue weighted by Gasteiger charge is -2.19. The van der Waals surface area contributed by atoms with E-state index in [0.717, 1.165) is 12.5 Å². The molecular weight excluding hydrogens is 162 g/mol. The Morgan fingerprint density at radius 2 is 2.31 bits per heavy atom. The molecule has 0 aromatic rings. The van der Waals surface area contributed by atoms with Crippen LogP contribution in [0.15, 0.2) is 0 Å². The quantitative estimate of drug-likeness (QED) is 0.705. The predicted molar refractivity (Wildman–Crippen MR) is 55.7 cm³/mol. The van der Waals surface area contributed by atoms with E-state index >= 15 is 0 Å². The molecule has 2 atom stereocenters. The van der Waals surface area contributed by atoms with Gasteiger partial charge in [0.2, 0.25) is 0 Å². The van der Waals surface area contributed by atoms with E-state index in [-0.39, 0.29) is 0 Å². The van der Waals surface area contributed by atoms with Crippen LogP contribution in [0.1, 0.15) is 33.1 Å². The second-order valence-corrected chi connectivity index (χ2v) is 4.49. The molecule has 13 heavy (non-hydrogen) atoms. The zero-order valence-corrected chi connectivity index (χ0v) is 9.00. The van der Waals surface area contributed by atoms with Gasteiger partial charge in [0, 0.05) is 19.7 Å². The molecular formula is C11H23NO. The third-order valence-electron chi connectivity index (χ3n) is 2.95. The maximum absolute atomic E-state index is 8.94. The Kier molecular flexibility index (Phi) is 4.74. The Bertz CT molecular complexity index is 138. The summed E-state index contributed by atoms with van der Waals surface area (Å²) in [6, 6.07) is 0. The monoisotopic (exact) mass is 185 g/mol. The van der Waals surface area contributed by atoms with E-state index < -0.39 is 0 Å². The van der Waals surface area contributed by atoms with Crippen LogP contribution >= 0.6 is 0 Å². The van der Waals surface area contributed by atoms with E-state index in [0.29, 0.717) is 12.5 Å². The van der Waals surface area contributed by atoms with E-state index in [4.69, 9.17) is 5.11 Å². The van der Waals surface area contributed by atoms with Gasteiger partial charge < -0.3 is 10.0 Å². The minimum absolute atomic E-state index is 0.328. The lowest BCUT2D eigenvalue weighted by atomic mass is 10.0. The first kappa shape index (κ1) is 11.0. The second kappa shape index (κ2) is 5.61. The number of likely N-dealkylation sites (tertiary alicyclic amines) is 1. The zero-order valence-electron chi connectivity index (χ0n) is 9.00. The van der Waals surface area contributed by atoms with Crippen LogP contribution in [0.4, 0.5) is 0 Å². The van der Waals surface area contributed by atoms with Crippen LogP contribution in [0.25, 0.3) is 0 Å². The molecule has 0 bridgehead atoms. The minimum Gasteiger partial charge on any atom is -0.396 e. The Balaban J connectivity index is 2.17. The average Bonchev–Trinajstić information content (AvgIpc) is 2.53. The maximum atomic E-state index is 8.94. The largest absolute Gasteiger partial charge is 0.396 e. The highest BCUT2D eigenvalue weighted by atomic mass is 16.3. The van der Waals surface area contributed by atoms with Crippen molar-refractivity contribution in [3.8, 4) is 0 Å². The molecule has 1 N–H and O–H groups in total. The van der Waals surface area contributed by atoms with Crippen LogP contribution in [0, 0.1) is 11.8 Å². The average molecular weight is 185 g/mol. The van der Waals surface area contributed by atoms with Gasteiger partial charge in [0.1, 0.15) is 0 Å². The summed E-state index contributed by atoms with van der Waals surface area (Å²) in [5.41, 5.74) is 0. The Morgan fingerprint density at radius 3 is 2.92 bits per heavy atom. The van der Waals surface area contributed by atoms with Gasteiger partial charge in [-0.1, -0.05) is 20.3 Å². The Morgan fingerprint density at radius 1 is 1.54 bits per heavy atom. The van der Waals surface area contributed by atoms with E-state index in [2.05, 4.69) is 18.7 Å². The lowest BCUT2D eigenvalue weighted by Crippen LogP contribution is -2.27. The third kappa shape index (κ3) is 3.65. The molecule has 0 aliphatic carbocycles. The molecule has 0 radical (unpaired) electrons. The highest BCUT2D eigenvalue weighted by molar-refractivity contribution is 4.76. The molecule has 2 unspecified atom stereocenters. The Labute approximate surface area is 81.9 Å². The topological polar surface area (TPSA) is 23.5 Å². The zero-order chi connectivity index (χ0) is 9.68. The van der Waals surface area contributed by atoms with Crippen molar-refractivity contribution >= 4 is 0 Å². The van der Waals surface area contributed by atoms with Gasteiger partial charge in [0.15, 0.2) is 0 Å². The summed E-state index contributed by atoms with van der Waals surface area (Å²) in [6.07, 6.45) is 4.06. The van der Waals surface area contributed by atoms with Crippen LogP contribution in [0.5, 0.6) is 0 Å². The van der Waals surface area contributed by atoms with Gasteiger partial charge >= 0.3 is 0 Å². The van der Waals surface area contributed by atoms with Crippen molar-refractivity contribution in [2.75, 3.05) is 26.2 Å². The maximum Gasteiger partial charge on any atom is 0.0468 e. The van der Waals surface area contributed by atoms with Crippen molar-refractivity contribution in [2.24, 2.45) is 11.8 Å². The molecule has 1 saturated heterocycles. The summed E-state index contributed by atoms with van der Waals surface area (Å²) in [4.78, 5) is 2.50. The highest BCUT2D eigenvalue weighted by Gasteiger charge is 2.22. The first-order valence-electron chi connectivity index (χ1n) is 5.59. The Hall–Kier alpha value is -0.0800. The minimum atomic E-state index is 0.328. The molecule has 2 nitrogen and oxygen atoms in total. The van der Waals surface area contributed by atoms with E-state index in [1.54, 1.807) is 0 Å². The molecule has 2 heteroatoms. The number of aliphatic hydroxyl groups excluding tert-OH is 1. The second-order valence-electron chi connectivity index (χ2n) is 4.49. The van der Waals surface area contributed by atoms with Crippen LogP contribution in [0.2, 0.25) is 0 Å². The van der Waals surface area contributed by atoms with Crippen molar-refractivity contribution < 1.29 is 5.11 Å². The van der Waals surface area contributed by atoms with E-state index in [1.165, 1.54) is 32.4 Å². The molecule has 0 amide bonds. The SMILES string of the molecule is CCCC1CCN(CC(C)CO)C1. The van der Waals surface area contributed by atoms with Crippen LogP contribution in [0.3, 0.4) is 0 Å². The number of nitrogens with zero attached hydrogens (tertiary/aromatic N) is 1.